The molecule has 1 aliphatic heterocycles. The zero-order valence-corrected chi connectivity index (χ0v) is 36.7. The predicted molar refractivity (Wildman–Crippen MR) is 216 cm³/mol. The van der Waals surface area contributed by atoms with E-state index in [4.69, 9.17) is 50.3 Å². The second kappa shape index (κ2) is 26.4. The third-order valence-corrected chi connectivity index (χ3v) is 10.4. The van der Waals surface area contributed by atoms with E-state index in [-0.39, 0.29) is 49.1 Å². The molecule has 0 spiro atoms. The maximum Gasteiger partial charge on any atom is 0.454 e. The first kappa shape index (κ1) is 59.6. The standard InChI is InChI=1S/C23H22F7N4O6P.2C7H17NO5/c1-12(14-8-15(22(25,26)27)10-16(9-14)23(28,29)30)40-20-19(13-2-4-17(24)5-3-13)33(6-7-39-20)11-18-31-21(35)34(32-18)41(36,37)38;2*1-8-2-4(10)6(12)7(13)5(11)3-9/h2-5,8-10,12,19-20H,6-7,11H2,1H3,(H,31,32,35)(H2,36,37,38);2*4-13H,2-3H2,1H3/t12-,19-,20+;2*4-,5+,6+,7+/m100/s1. The highest BCUT2D eigenvalue weighted by molar-refractivity contribution is 7.49. The van der Waals surface area contributed by atoms with Crippen LogP contribution in [0.4, 0.5) is 30.7 Å². The fraction of sp³-hybridized carbons (Fsp3) is 0.622. The number of H-pyrrole nitrogens is 1. The summed E-state index contributed by atoms with van der Waals surface area (Å²) in [7, 11) is -1.92. The zero-order valence-electron chi connectivity index (χ0n) is 35.8. The molecule has 67 heavy (non-hydrogen) atoms. The van der Waals surface area contributed by atoms with E-state index in [0.29, 0.717) is 17.7 Å². The van der Waals surface area contributed by atoms with Crippen molar-refractivity contribution in [3.05, 3.63) is 86.8 Å². The van der Waals surface area contributed by atoms with Crippen molar-refractivity contribution in [2.45, 2.75) is 93.1 Å². The van der Waals surface area contributed by atoms with Crippen molar-refractivity contribution in [2.75, 3.05) is 53.6 Å². The van der Waals surface area contributed by atoms with E-state index >= 15 is 0 Å². The molecule has 30 heteroatoms. The summed E-state index contributed by atoms with van der Waals surface area (Å²) in [5.41, 5.74) is -4.31. The third kappa shape index (κ3) is 18.0. The average Bonchev–Trinajstić information content (AvgIpc) is 3.65. The molecule has 15 N–H and O–H groups in total. The summed E-state index contributed by atoms with van der Waals surface area (Å²) in [6.07, 6.45) is -24.1. The van der Waals surface area contributed by atoms with Crippen molar-refractivity contribution in [3.63, 3.8) is 0 Å². The number of nitrogens with one attached hydrogen (secondary N) is 3. The Balaban J connectivity index is 0.000000484. The lowest BCUT2D eigenvalue weighted by Crippen LogP contribution is -2.48. The van der Waals surface area contributed by atoms with Crippen LogP contribution in [0, 0.1) is 5.82 Å². The number of rotatable bonds is 19. The number of nitrogens with zero attached hydrogens (tertiary/aromatic N) is 3. The van der Waals surface area contributed by atoms with Gasteiger partial charge in [-0.15, -0.1) is 9.55 Å². The lowest BCUT2D eigenvalue weighted by molar-refractivity contribution is -0.231. The van der Waals surface area contributed by atoms with Gasteiger partial charge < -0.3 is 81.0 Å². The fourth-order valence-corrected chi connectivity index (χ4v) is 6.60. The highest BCUT2D eigenvalue weighted by Gasteiger charge is 2.40. The average molecular weight is 1000 g/mol. The second-order valence-corrected chi connectivity index (χ2v) is 16.2. The number of morpholine rings is 1. The molecule has 0 aliphatic carbocycles. The maximum absolute atomic E-state index is 13.7. The molecule has 1 fully saturated rings. The van der Waals surface area contributed by atoms with Crippen LogP contribution in [0.5, 0.6) is 0 Å². The molecule has 384 valence electrons. The molecule has 1 saturated heterocycles. The highest BCUT2D eigenvalue weighted by Crippen LogP contribution is 2.40. The van der Waals surface area contributed by atoms with Gasteiger partial charge in [0, 0.05) is 19.6 Å². The number of halogens is 7. The molecule has 2 heterocycles. The van der Waals surface area contributed by atoms with Gasteiger partial charge in [0.15, 0.2) is 6.29 Å². The summed E-state index contributed by atoms with van der Waals surface area (Å²) in [4.78, 5) is 34.3. The number of benzene rings is 2. The van der Waals surface area contributed by atoms with Crippen LogP contribution >= 0.6 is 7.75 Å². The van der Waals surface area contributed by atoms with Crippen molar-refractivity contribution >= 4 is 7.75 Å². The molecule has 0 saturated carbocycles. The minimum atomic E-state index is -5.07. The van der Waals surface area contributed by atoms with Gasteiger partial charge in [-0.3, -0.25) is 9.88 Å². The SMILES string of the molecule is CNC[C@H](O)[C@@H](O)[C@H](O)[C@H](O)CO.CNC[C@H](O)[C@@H](O)[C@H](O)[C@H](O)CO.C[C@@H](O[C@@H]1OCCN(Cc2nn(P(=O)(O)O)c(=O)[nH]2)[C@@H]1c1ccc(F)cc1)c1cc(C(F)(F)F)cc(C(F)(F)F)c1. The van der Waals surface area contributed by atoms with Crippen LogP contribution in [0.2, 0.25) is 0 Å². The molecule has 2 aromatic carbocycles. The van der Waals surface area contributed by atoms with Gasteiger partial charge in [-0.1, -0.05) is 12.1 Å². The first-order chi connectivity index (χ1) is 31.0. The summed E-state index contributed by atoms with van der Waals surface area (Å²) < 4.78 is 117. The van der Waals surface area contributed by atoms with E-state index in [1.807, 2.05) is 0 Å². The van der Waals surface area contributed by atoms with E-state index in [1.165, 1.54) is 19.1 Å². The molecule has 0 unspecified atom stereocenters. The van der Waals surface area contributed by atoms with Gasteiger partial charge in [-0.2, -0.15) is 26.3 Å². The Hall–Kier alpha value is -3.56. The second-order valence-electron chi connectivity index (χ2n) is 14.8. The van der Waals surface area contributed by atoms with Crippen LogP contribution in [0.1, 0.15) is 47.1 Å². The Labute approximate surface area is 376 Å². The van der Waals surface area contributed by atoms with E-state index in [2.05, 4.69) is 20.7 Å². The van der Waals surface area contributed by atoms with Crippen molar-refractivity contribution in [1.29, 1.82) is 0 Å². The molecule has 22 nitrogen and oxygen atoms in total. The summed E-state index contributed by atoms with van der Waals surface area (Å²) in [6.45, 7) is -0.0952. The summed E-state index contributed by atoms with van der Waals surface area (Å²) in [5.74, 6) is -0.775. The summed E-state index contributed by atoms with van der Waals surface area (Å²) in [5, 5.41) is 98.6. The van der Waals surface area contributed by atoms with E-state index in [1.54, 1.807) is 19.0 Å². The van der Waals surface area contributed by atoms with Crippen molar-refractivity contribution in [1.82, 2.24) is 30.1 Å². The fourth-order valence-electron chi connectivity index (χ4n) is 6.09. The number of hydrogen-bond donors (Lipinski definition) is 15. The van der Waals surface area contributed by atoms with Crippen molar-refractivity contribution in [3.8, 4) is 0 Å². The van der Waals surface area contributed by atoms with Crippen LogP contribution in [-0.2, 0) is 32.9 Å². The van der Waals surface area contributed by atoms with Gasteiger partial charge in [0.2, 0.25) is 0 Å². The number of aromatic nitrogens is 3. The zero-order chi connectivity index (χ0) is 51.2. The molecule has 4 rings (SSSR count). The monoisotopic (exact) mass is 1000 g/mol. The Morgan fingerprint density at radius 1 is 0.806 bits per heavy atom. The van der Waals surface area contributed by atoms with Crippen molar-refractivity contribution < 1.29 is 106 Å². The van der Waals surface area contributed by atoms with E-state index < -0.39 is 129 Å². The first-order valence-electron chi connectivity index (χ1n) is 19.8. The lowest BCUT2D eigenvalue weighted by atomic mass is 10.0. The summed E-state index contributed by atoms with van der Waals surface area (Å²) >= 11 is 0. The van der Waals surface area contributed by atoms with Crippen LogP contribution in [-0.4, -0.2) is 189 Å². The van der Waals surface area contributed by atoms with Crippen LogP contribution < -0.4 is 16.3 Å². The van der Waals surface area contributed by atoms with Crippen LogP contribution in [0.25, 0.3) is 0 Å². The van der Waals surface area contributed by atoms with Gasteiger partial charge in [0.25, 0.3) is 0 Å². The molecule has 3 aromatic rings. The quantitative estimate of drug-likeness (QED) is 0.0442. The van der Waals surface area contributed by atoms with Crippen molar-refractivity contribution in [2.24, 2.45) is 0 Å². The number of aliphatic hydroxyl groups is 10. The molecule has 0 bridgehead atoms. The first-order valence-corrected chi connectivity index (χ1v) is 21.3. The molecule has 11 atom stereocenters. The molecular formula is C37H56F7N6O16P. The maximum atomic E-state index is 13.7. The number of aromatic amines is 1. The minimum absolute atomic E-state index is 0.00603. The molecule has 0 amide bonds. The Bertz CT molecular complexity index is 1970. The largest absolute Gasteiger partial charge is 0.454 e. The number of aliphatic hydroxyl groups excluding tert-OH is 10. The van der Waals surface area contributed by atoms with E-state index in [9.17, 15) is 60.1 Å². The third-order valence-electron chi connectivity index (χ3n) is 9.67. The molecule has 1 aromatic heterocycles. The summed E-state index contributed by atoms with van der Waals surface area (Å²) in [6, 6.07) is 5.01. The number of alkyl halides is 6. The smallest absolute Gasteiger partial charge is 0.394 e. The van der Waals surface area contributed by atoms with Gasteiger partial charge in [-0.05, 0) is 62.5 Å². The topological polar surface area (TPSA) is 356 Å². The number of ether oxygens (including phenoxy) is 2. The normalized spacial score (nSPS) is 20.2. The Morgan fingerprint density at radius 3 is 1.64 bits per heavy atom. The molecule has 1 aliphatic rings. The lowest BCUT2D eigenvalue weighted by Gasteiger charge is -2.41. The van der Waals surface area contributed by atoms with Gasteiger partial charge in [0.05, 0.1) is 61.8 Å². The molecule has 0 radical (unpaired) electrons. The van der Waals surface area contributed by atoms with E-state index in [0.717, 1.165) is 12.1 Å². The Kier molecular flexibility index (Phi) is 23.5. The van der Waals surface area contributed by atoms with Crippen LogP contribution in [0.3, 0.4) is 0 Å². The minimum Gasteiger partial charge on any atom is -0.394 e. The van der Waals surface area contributed by atoms with Gasteiger partial charge in [-0.25, -0.2) is 13.8 Å². The highest BCUT2D eigenvalue weighted by atomic mass is 31.2. The molecular weight excluding hydrogens is 948 g/mol. The van der Waals surface area contributed by atoms with Gasteiger partial charge in [0.1, 0.15) is 48.3 Å². The van der Waals surface area contributed by atoms with Gasteiger partial charge >= 0.3 is 25.8 Å². The number of hydrogen-bond acceptors (Lipinski definition) is 18. The predicted octanol–water partition coefficient (Wildman–Crippen LogP) is -2.35. The van der Waals surface area contributed by atoms with Crippen LogP contribution in [0.15, 0.2) is 47.3 Å². The number of likely N-dealkylation sites (N-methyl/N-ethyl adjacent to an activating group) is 2. The Morgan fingerprint density at radius 2 is 1.25 bits per heavy atom.